The van der Waals surface area contributed by atoms with E-state index >= 15 is 0 Å². The Balaban J connectivity index is 2.41. The van der Waals surface area contributed by atoms with Crippen LogP contribution in [0.2, 0.25) is 0 Å². The van der Waals surface area contributed by atoms with Gasteiger partial charge in [-0.2, -0.15) is 14.8 Å². The van der Waals surface area contributed by atoms with Gasteiger partial charge in [0.2, 0.25) is 0 Å². The lowest BCUT2D eigenvalue weighted by molar-refractivity contribution is 0.0523. The number of isothiocyanates is 1. The Morgan fingerprint density at radius 2 is 2.21 bits per heavy atom. The first-order valence-electron chi connectivity index (χ1n) is 5.70. The average molecular weight is 275 g/mol. The number of nitrogens with zero attached hydrogens (tertiary/aromatic N) is 3. The van der Waals surface area contributed by atoms with Crippen LogP contribution < -0.4 is 0 Å². The van der Waals surface area contributed by atoms with E-state index in [-0.39, 0.29) is 0 Å². The number of ether oxygens (including phenoxy) is 1. The van der Waals surface area contributed by atoms with Gasteiger partial charge in [-0.15, -0.1) is 0 Å². The molecular weight excluding hydrogens is 262 g/mol. The average Bonchev–Trinajstić information content (AvgIpc) is 2.70. The zero-order valence-electron chi connectivity index (χ0n) is 10.9. The van der Waals surface area contributed by atoms with Gasteiger partial charge in [-0.25, -0.2) is 4.79 Å². The maximum atomic E-state index is 12.0. The Morgan fingerprint density at radius 1 is 1.47 bits per heavy atom. The highest BCUT2D eigenvalue weighted by Gasteiger charge is 2.19. The fraction of sp³-hybridized carbons (Fsp3) is 0.308. The van der Waals surface area contributed by atoms with Crippen LogP contribution in [0.1, 0.15) is 20.8 Å². The smallest absolute Gasteiger partial charge is 0.435 e. The van der Waals surface area contributed by atoms with Crippen molar-refractivity contribution in [3.63, 3.8) is 0 Å². The number of carbonyl (C=O) groups is 1. The third-order valence-corrected chi connectivity index (χ3v) is 2.38. The number of fused-ring (bicyclic) bond motifs is 1. The number of hydrogen-bond donors (Lipinski definition) is 0. The van der Waals surface area contributed by atoms with Gasteiger partial charge in [0.1, 0.15) is 5.60 Å². The lowest BCUT2D eigenvalue weighted by atomic mass is 10.2. The van der Waals surface area contributed by atoms with Crippen LogP contribution in [0.15, 0.2) is 29.4 Å². The molecule has 0 atom stereocenters. The van der Waals surface area contributed by atoms with Crippen molar-refractivity contribution in [1.82, 2.24) is 9.78 Å². The maximum absolute atomic E-state index is 12.0. The van der Waals surface area contributed by atoms with Gasteiger partial charge >= 0.3 is 6.09 Å². The first-order valence-corrected chi connectivity index (χ1v) is 6.10. The number of hydrogen-bond acceptors (Lipinski definition) is 5. The highest BCUT2D eigenvalue weighted by Crippen LogP contribution is 2.21. The molecule has 0 spiro atoms. The molecule has 0 amide bonds. The van der Waals surface area contributed by atoms with Crippen LogP contribution in [0.3, 0.4) is 0 Å². The Morgan fingerprint density at radius 3 is 2.84 bits per heavy atom. The maximum Gasteiger partial charge on any atom is 0.435 e. The standard InChI is InChI=1S/C13H13N3O2S/c1-13(2,3)18-12(17)16-11-5-4-10(14-8-19)6-9(11)7-15-16/h4-7H,1-3H3. The van der Waals surface area contributed by atoms with Crippen molar-refractivity contribution in [2.45, 2.75) is 26.4 Å². The number of aromatic nitrogens is 2. The van der Waals surface area contributed by atoms with E-state index in [0.29, 0.717) is 11.2 Å². The minimum atomic E-state index is -0.559. The van der Waals surface area contributed by atoms with E-state index in [4.69, 9.17) is 4.74 Å². The predicted molar refractivity (Wildman–Crippen MR) is 76.1 cm³/mol. The SMILES string of the molecule is CC(C)(C)OC(=O)n1ncc2cc(N=C=S)ccc21. The van der Waals surface area contributed by atoms with Gasteiger partial charge in [0.15, 0.2) is 0 Å². The molecule has 1 aromatic carbocycles. The molecule has 0 aliphatic heterocycles. The van der Waals surface area contributed by atoms with E-state index in [0.717, 1.165) is 5.39 Å². The van der Waals surface area contributed by atoms with Gasteiger partial charge in [0.25, 0.3) is 0 Å². The van der Waals surface area contributed by atoms with Crippen molar-refractivity contribution in [3.8, 4) is 0 Å². The molecule has 2 rings (SSSR count). The number of benzene rings is 1. The summed E-state index contributed by atoms with van der Waals surface area (Å²) in [4.78, 5) is 15.9. The summed E-state index contributed by atoms with van der Waals surface area (Å²) >= 11 is 4.55. The second-order valence-corrected chi connectivity index (χ2v) is 5.17. The van der Waals surface area contributed by atoms with Crippen LogP contribution in [-0.4, -0.2) is 26.6 Å². The fourth-order valence-corrected chi connectivity index (χ4v) is 1.70. The monoisotopic (exact) mass is 275 g/mol. The second kappa shape index (κ2) is 4.91. The van der Waals surface area contributed by atoms with Gasteiger partial charge in [0, 0.05) is 5.39 Å². The zero-order chi connectivity index (χ0) is 14.0. The molecule has 0 fully saturated rings. The minimum Gasteiger partial charge on any atom is -0.442 e. The molecule has 0 N–H and O–H groups in total. The summed E-state index contributed by atoms with van der Waals surface area (Å²) in [5, 5.41) is 7.12. The van der Waals surface area contributed by atoms with Gasteiger partial charge in [0.05, 0.1) is 22.6 Å². The van der Waals surface area contributed by atoms with Gasteiger partial charge in [-0.3, -0.25) is 0 Å². The normalized spacial score (nSPS) is 11.1. The fourth-order valence-electron chi connectivity index (χ4n) is 1.59. The molecule has 0 saturated heterocycles. The molecule has 0 radical (unpaired) electrons. The molecule has 0 unspecified atom stereocenters. The molecule has 1 heterocycles. The summed E-state index contributed by atoms with van der Waals surface area (Å²) in [6.45, 7) is 5.43. The van der Waals surface area contributed by atoms with Crippen LogP contribution in [0.25, 0.3) is 10.9 Å². The Labute approximate surface area is 115 Å². The van der Waals surface area contributed by atoms with E-state index in [2.05, 4.69) is 27.5 Å². The molecule has 2 aromatic rings. The van der Waals surface area contributed by atoms with Crippen LogP contribution in [0.4, 0.5) is 10.5 Å². The largest absolute Gasteiger partial charge is 0.442 e. The highest BCUT2D eigenvalue weighted by atomic mass is 32.1. The molecule has 0 aliphatic carbocycles. The molecule has 1 aromatic heterocycles. The number of rotatable bonds is 1. The molecule has 5 nitrogen and oxygen atoms in total. The lowest BCUT2D eigenvalue weighted by Gasteiger charge is -2.19. The molecule has 0 aliphatic rings. The Kier molecular flexibility index (Phi) is 3.46. The summed E-state index contributed by atoms with van der Waals surface area (Å²) in [6, 6.07) is 5.27. The molecule has 19 heavy (non-hydrogen) atoms. The summed E-state index contributed by atoms with van der Waals surface area (Å²) in [6.07, 6.45) is 1.08. The molecule has 0 bridgehead atoms. The van der Waals surface area contributed by atoms with Gasteiger partial charge in [-0.1, -0.05) is 0 Å². The Bertz CT molecular complexity index is 679. The van der Waals surface area contributed by atoms with E-state index < -0.39 is 11.7 Å². The predicted octanol–water partition coefficient (Wildman–Crippen LogP) is 3.55. The minimum absolute atomic E-state index is 0.506. The number of thiocarbonyl (C=S) groups is 1. The quantitative estimate of drug-likeness (QED) is 0.590. The number of aliphatic imine (C=N–C) groups is 1. The summed E-state index contributed by atoms with van der Waals surface area (Å²) < 4.78 is 6.50. The van der Waals surface area contributed by atoms with E-state index in [1.54, 1.807) is 24.4 Å². The van der Waals surface area contributed by atoms with Crippen molar-refractivity contribution in [2.75, 3.05) is 0 Å². The van der Waals surface area contributed by atoms with E-state index in [1.807, 2.05) is 20.8 Å². The third kappa shape index (κ3) is 3.05. The van der Waals surface area contributed by atoms with Gasteiger partial charge < -0.3 is 4.74 Å². The molecule has 6 heteroatoms. The van der Waals surface area contributed by atoms with Crippen molar-refractivity contribution < 1.29 is 9.53 Å². The van der Waals surface area contributed by atoms with Crippen LogP contribution in [-0.2, 0) is 4.74 Å². The topological polar surface area (TPSA) is 56.5 Å². The molecule has 0 saturated carbocycles. The first-order chi connectivity index (χ1) is 8.90. The summed E-state index contributed by atoms with van der Waals surface area (Å²) in [5.74, 6) is 0. The van der Waals surface area contributed by atoms with Gasteiger partial charge in [-0.05, 0) is 51.2 Å². The van der Waals surface area contributed by atoms with Crippen LogP contribution in [0.5, 0.6) is 0 Å². The van der Waals surface area contributed by atoms with Crippen molar-refractivity contribution in [3.05, 3.63) is 24.4 Å². The zero-order valence-corrected chi connectivity index (χ0v) is 11.7. The highest BCUT2D eigenvalue weighted by molar-refractivity contribution is 7.78. The van der Waals surface area contributed by atoms with Crippen molar-refractivity contribution in [2.24, 2.45) is 4.99 Å². The summed E-state index contributed by atoms with van der Waals surface area (Å²) in [5.41, 5.74) is 0.778. The Hall–Kier alpha value is -2.04. The van der Waals surface area contributed by atoms with Crippen molar-refractivity contribution >= 4 is 40.1 Å². The van der Waals surface area contributed by atoms with Crippen LogP contribution >= 0.6 is 12.2 Å². The second-order valence-electron chi connectivity index (χ2n) is 4.98. The third-order valence-electron chi connectivity index (χ3n) is 2.29. The van der Waals surface area contributed by atoms with Crippen LogP contribution in [0, 0.1) is 0 Å². The van der Waals surface area contributed by atoms with E-state index in [9.17, 15) is 4.79 Å². The summed E-state index contributed by atoms with van der Waals surface area (Å²) in [7, 11) is 0. The lowest BCUT2D eigenvalue weighted by Crippen LogP contribution is -2.27. The molecular formula is C13H13N3O2S. The first kappa shape index (κ1) is 13.4. The number of carbonyl (C=O) groups excluding carboxylic acids is 1. The van der Waals surface area contributed by atoms with E-state index in [1.165, 1.54) is 4.68 Å². The van der Waals surface area contributed by atoms with Crippen molar-refractivity contribution in [1.29, 1.82) is 0 Å². The molecule has 98 valence electrons.